The summed E-state index contributed by atoms with van der Waals surface area (Å²) in [4.78, 5) is 10.3. The molecule has 0 spiro atoms. The molecule has 0 radical (unpaired) electrons. The predicted octanol–water partition coefficient (Wildman–Crippen LogP) is 3.83. The molecule has 0 aliphatic rings. The molecule has 114 valence electrons. The monoisotopic (exact) mass is 299 g/mol. The van der Waals surface area contributed by atoms with Crippen LogP contribution < -0.4 is 10.2 Å². The zero-order valence-electron chi connectivity index (χ0n) is 12.4. The lowest BCUT2D eigenvalue weighted by atomic mass is 10.2. The molecule has 2 aromatic carbocycles. The van der Waals surface area contributed by atoms with Crippen molar-refractivity contribution in [2.75, 3.05) is 5.43 Å². The van der Waals surface area contributed by atoms with Gasteiger partial charge < -0.3 is 4.74 Å². The summed E-state index contributed by atoms with van der Waals surface area (Å²) in [5.41, 5.74) is 4.17. The average Bonchev–Trinajstić information content (AvgIpc) is 2.49. The van der Waals surface area contributed by atoms with Crippen LogP contribution in [0, 0.1) is 10.1 Å². The third-order valence-corrected chi connectivity index (χ3v) is 2.74. The predicted molar refractivity (Wildman–Crippen MR) is 86.5 cm³/mol. The minimum atomic E-state index is -0.444. The Morgan fingerprint density at radius 2 is 2.00 bits per heavy atom. The first kappa shape index (κ1) is 15.5. The summed E-state index contributed by atoms with van der Waals surface area (Å²) in [6.45, 7) is 3.91. The molecule has 0 fully saturated rings. The average molecular weight is 299 g/mol. The maximum Gasteiger partial charge on any atom is 0.271 e. The van der Waals surface area contributed by atoms with Crippen molar-refractivity contribution in [2.24, 2.45) is 5.10 Å². The maximum atomic E-state index is 10.7. The number of anilines is 1. The van der Waals surface area contributed by atoms with Crippen molar-refractivity contribution in [3.05, 3.63) is 64.2 Å². The van der Waals surface area contributed by atoms with Crippen molar-refractivity contribution in [3.63, 3.8) is 0 Å². The molecule has 0 unspecified atom stereocenters. The van der Waals surface area contributed by atoms with Gasteiger partial charge in [0.15, 0.2) is 0 Å². The van der Waals surface area contributed by atoms with Crippen LogP contribution in [0.4, 0.5) is 11.4 Å². The van der Waals surface area contributed by atoms with Gasteiger partial charge in [0.05, 0.1) is 22.9 Å². The molecule has 0 saturated carbocycles. The molecular formula is C16H17N3O3. The van der Waals surface area contributed by atoms with E-state index >= 15 is 0 Å². The Kier molecular flexibility index (Phi) is 5.08. The summed E-state index contributed by atoms with van der Waals surface area (Å²) in [5, 5.41) is 14.8. The van der Waals surface area contributed by atoms with E-state index < -0.39 is 4.92 Å². The quantitative estimate of drug-likeness (QED) is 0.499. The number of nitrogens with zero attached hydrogens (tertiary/aromatic N) is 2. The van der Waals surface area contributed by atoms with Gasteiger partial charge in [-0.25, -0.2) is 0 Å². The second-order valence-corrected chi connectivity index (χ2v) is 4.88. The number of para-hydroxylation sites is 1. The first-order valence-corrected chi connectivity index (χ1v) is 6.85. The number of nitro benzene ring substituents is 1. The molecule has 2 rings (SSSR count). The molecule has 0 aromatic heterocycles. The molecule has 0 atom stereocenters. The summed E-state index contributed by atoms with van der Waals surface area (Å²) in [6.07, 6.45) is 1.69. The van der Waals surface area contributed by atoms with E-state index in [1.807, 2.05) is 38.1 Å². The fourth-order valence-electron chi connectivity index (χ4n) is 1.81. The van der Waals surface area contributed by atoms with Crippen molar-refractivity contribution >= 4 is 17.6 Å². The normalized spacial score (nSPS) is 10.9. The number of benzene rings is 2. The van der Waals surface area contributed by atoms with E-state index in [2.05, 4.69) is 10.5 Å². The lowest BCUT2D eigenvalue weighted by Crippen LogP contribution is -2.07. The number of hydrazone groups is 1. The van der Waals surface area contributed by atoms with Crippen LogP contribution in [0.15, 0.2) is 53.6 Å². The Hall–Kier alpha value is -2.89. The molecular weight excluding hydrogens is 282 g/mol. The Morgan fingerprint density at radius 3 is 2.73 bits per heavy atom. The van der Waals surface area contributed by atoms with Crippen molar-refractivity contribution in [3.8, 4) is 5.75 Å². The zero-order chi connectivity index (χ0) is 15.9. The van der Waals surface area contributed by atoms with E-state index in [1.54, 1.807) is 18.3 Å². The van der Waals surface area contributed by atoms with Crippen LogP contribution in [-0.4, -0.2) is 17.2 Å². The van der Waals surface area contributed by atoms with Gasteiger partial charge in [-0.3, -0.25) is 15.5 Å². The number of hydrogen-bond acceptors (Lipinski definition) is 5. The second kappa shape index (κ2) is 7.21. The zero-order valence-corrected chi connectivity index (χ0v) is 12.4. The molecule has 0 aliphatic heterocycles. The van der Waals surface area contributed by atoms with Gasteiger partial charge in [-0.1, -0.05) is 18.2 Å². The number of hydrogen-bond donors (Lipinski definition) is 1. The van der Waals surface area contributed by atoms with Crippen molar-refractivity contribution in [1.29, 1.82) is 0 Å². The van der Waals surface area contributed by atoms with Crippen LogP contribution in [0.1, 0.15) is 19.4 Å². The van der Waals surface area contributed by atoms with Gasteiger partial charge >= 0.3 is 0 Å². The Labute approximate surface area is 128 Å². The first-order valence-electron chi connectivity index (χ1n) is 6.85. The summed E-state index contributed by atoms with van der Waals surface area (Å²) < 4.78 is 5.69. The smallest absolute Gasteiger partial charge is 0.271 e. The number of rotatable bonds is 6. The minimum Gasteiger partial charge on any atom is -0.490 e. The highest BCUT2D eigenvalue weighted by Gasteiger charge is 2.05. The van der Waals surface area contributed by atoms with E-state index in [0.29, 0.717) is 5.69 Å². The van der Waals surface area contributed by atoms with Gasteiger partial charge in [-0.05, 0) is 32.0 Å². The van der Waals surface area contributed by atoms with Crippen molar-refractivity contribution in [2.45, 2.75) is 20.0 Å². The summed E-state index contributed by atoms with van der Waals surface area (Å²) in [7, 11) is 0. The van der Waals surface area contributed by atoms with E-state index in [1.165, 1.54) is 12.1 Å². The molecule has 2 aromatic rings. The summed E-state index contributed by atoms with van der Waals surface area (Å²) in [6, 6.07) is 13.7. The van der Waals surface area contributed by atoms with Crippen LogP contribution in [0.3, 0.4) is 0 Å². The number of ether oxygens (including phenoxy) is 1. The van der Waals surface area contributed by atoms with Gasteiger partial charge in [0, 0.05) is 17.7 Å². The molecule has 1 N–H and O–H groups in total. The van der Waals surface area contributed by atoms with Crippen LogP contribution in [-0.2, 0) is 0 Å². The highest BCUT2D eigenvalue weighted by Crippen LogP contribution is 2.19. The molecule has 22 heavy (non-hydrogen) atoms. The maximum absolute atomic E-state index is 10.7. The minimum absolute atomic E-state index is 0.0174. The molecule has 0 bridgehead atoms. The molecule has 0 amide bonds. The van der Waals surface area contributed by atoms with E-state index in [9.17, 15) is 10.1 Å². The Balaban J connectivity index is 2.10. The Bertz CT molecular complexity index is 684. The fraction of sp³-hybridized carbons (Fsp3) is 0.188. The van der Waals surface area contributed by atoms with E-state index in [0.717, 1.165) is 11.3 Å². The highest BCUT2D eigenvalue weighted by atomic mass is 16.6. The van der Waals surface area contributed by atoms with Crippen LogP contribution in [0.25, 0.3) is 0 Å². The molecule has 0 aliphatic carbocycles. The number of nitrogens with one attached hydrogen (secondary N) is 1. The summed E-state index contributed by atoms with van der Waals surface area (Å²) >= 11 is 0. The van der Waals surface area contributed by atoms with Gasteiger partial charge in [-0.15, -0.1) is 0 Å². The molecule has 0 heterocycles. The summed E-state index contributed by atoms with van der Waals surface area (Å²) in [5.74, 6) is 0.738. The lowest BCUT2D eigenvalue weighted by molar-refractivity contribution is -0.384. The Morgan fingerprint density at radius 1 is 1.23 bits per heavy atom. The van der Waals surface area contributed by atoms with E-state index in [4.69, 9.17) is 4.74 Å². The number of nitro groups is 1. The van der Waals surface area contributed by atoms with Gasteiger partial charge in [0.25, 0.3) is 5.69 Å². The highest BCUT2D eigenvalue weighted by molar-refractivity contribution is 5.84. The van der Waals surface area contributed by atoms with E-state index in [-0.39, 0.29) is 11.8 Å². The standard InChI is InChI=1S/C16H17N3O3/c1-12(2)22-16-9-4-3-6-13(16)11-17-18-14-7-5-8-15(10-14)19(20)21/h3-12,18H,1-2H3. The van der Waals surface area contributed by atoms with Gasteiger partial charge in [-0.2, -0.15) is 5.10 Å². The molecule has 0 saturated heterocycles. The van der Waals surface area contributed by atoms with Crippen molar-refractivity contribution in [1.82, 2.24) is 0 Å². The van der Waals surface area contributed by atoms with Crippen LogP contribution in [0.2, 0.25) is 0 Å². The first-order chi connectivity index (χ1) is 10.6. The third-order valence-electron chi connectivity index (χ3n) is 2.74. The van der Waals surface area contributed by atoms with Gasteiger partial charge in [0.1, 0.15) is 5.75 Å². The largest absolute Gasteiger partial charge is 0.490 e. The van der Waals surface area contributed by atoms with Crippen LogP contribution in [0.5, 0.6) is 5.75 Å². The van der Waals surface area contributed by atoms with Gasteiger partial charge in [0.2, 0.25) is 0 Å². The van der Waals surface area contributed by atoms with Crippen molar-refractivity contribution < 1.29 is 9.66 Å². The SMILES string of the molecule is CC(C)Oc1ccccc1C=NNc1cccc([N+](=O)[O-])c1. The molecule has 6 nitrogen and oxygen atoms in total. The molecule has 6 heteroatoms. The second-order valence-electron chi connectivity index (χ2n) is 4.88. The number of non-ortho nitro benzene ring substituents is 1. The van der Waals surface area contributed by atoms with Crippen LogP contribution >= 0.6 is 0 Å². The third kappa shape index (κ3) is 4.31. The lowest BCUT2D eigenvalue weighted by Gasteiger charge is -2.11. The topological polar surface area (TPSA) is 76.8 Å². The fourth-order valence-corrected chi connectivity index (χ4v) is 1.81.